The Bertz CT molecular complexity index is 484. The lowest BCUT2D eigenvalue weighted by Crippen LogP contribution is -2.41. The highest BCUT2D eigenvalue weighted by Crippen LogP contribution is 2.38. The Hall–Kier alpha value is -0.515. The fourth-order valence-corrected chi connectivity index (χ4v) is 2.52. The van der Waals surface area contributed by atoms with E-state index in [0.717, 1.165) is 15.7 Å². The van der Waals surface area contributed by atoms with Gasteiger partial charge in [0.15, 0.2) is 0 Å². The molecule has 1 aromatic rings. The average Bonchev–Trinajstić information content (AvgIpc) is 2.50. The van der Waals surface area contributed by atoms with Crippen molar-refractivity contribution >= 4 is 28.5 Å². The first-order valence-corrected chi connectivity index (χ1v) is 7.74. The van der Waals surface area contributed by atoms with Crippen LogP contribution in [0.2, 0.25) is 0 Å². The first kappa shape index (κ1) is 15.9. The lowest BCUT2D eigenvalue weighted by molar-refractivity contribution is 0.00578. The lowest BCUT2D eigenvalue weighted by atomic mass is 9.78. The molecular weight excluding hydrogens is 319 g/mol. The van der Waals surface area contributed by atoms with E-state index in [0.29, 0.717) is 0 Å². The zero-order valence-corrected chi connectivity index (χ0v) is 14.6. The maximum Gasteiger partial charge on any atom is 0.498 e. The first-order chi connectivity index (χ1) is 9.14. The van der Waals surface area contributed by atoms with Crippen LogP contribution in [0.1, 0.15) is 41.5 Å². The van der Waals surface area contributed by atoms with Crippen LogP contribution in [0.25, 0.3) is 0 Å². The normalized spacial score (nSPS) is 20.5. The number of rotatable bonds is 3. The van der Waals surface area contributed by atoms with E-state index in [1.807, 2.05) is 59.7 Å². The Labute approximate surface area is 130 Å². The second-order valence-corrected chi connectivity index (χ2v) is 7.27. The van der Waals surface area contributed by atoms with Gasteiger partial charge in [-0.1, -0.05) is 12.1 Å². The Balaban J connectivity index is 2.37. The minimum atomic E-state index is -0.411. The summed E-state index contributed by atoms with van der Waals surface area (Å²) in [6.07, 6.45) is 0.0925. The molecule has 1 fully saturated rings. The Morgan fingerprint density at radius 2 is 1.65 bits per heavy atom. The van der Waals surface area contributed by atoms with Gasteiger partial charge in [0.05, 0.1) is 21.8 Å². The smallest absolute Gasteiger partial charge is 0.490 e. The van der Waals surface area contributed by atoms with Crippen LogP contribution in [-0.2, 0) is 9.31 Å². The summed E-state index contributed by atoms with van der Waals surface area (Å²) in [5.41, 5.74) is 0.219. The highest BCUT2D eigenvalue weighted by molar-refractivity contribution is 9.10. The molecule has 0 N–H and O–H groups in total. The molecule has 20 heavy (non-hydrogen) atoms. The molecule has 110 valence electrons. The number of halogens is 1. The van der Waals surface area contributed by atoms with Crippen LogP contribution in [0.15, 0.2) is 22.7 Å². The van der Waals surface area contributed by atoms with Gasteiger partial charge < -0.3 is 14.0 Å². The molecule has 0 unspecified atom stereocenters. The predicted octanol–water partition coefficient (Wildman–Crippen LogP) is 3.54. The highest BCUT2D eigenvalue weighted by Gasteiger charge is 2.52. The zero-order valence-electron chi connectivity index (χ0n) is 13.0. The monoisotopic (exact) mass is 340 g/mol. The van der Waals surface area contributed by atoms with Crippen molar-refractivity contribution in [2.75, 3.05) is 0 Å². The summed E-state index contributed by atoms with van der Waals surface area (Å²) in [6, 6.07) is 5.93. The number of hydrogen-bond acceptors (Lipinski definition) is 3. The minimum absolute atomic E-state index is 0.0925. The molecular formula is C15H22BBrO3. The summed E-state index contributed by atoms with van der Waals surface area (Å²) in [5.74, 6) is 0.793. The van der Waals surface area contributed by atoms with Gasteiger partial charge in [-0.15, -0.1) is 0 Å². The van der Waals surface area contributed by atoms with Crippen molar-refractivity contribution in [2.45, 2.75) is 58.8 Å². The summed E-state index contributed by atoms with van der Waals surface area (Å²) >= 11 is 3.54. The largest absolute Gasteiger partial charge is 0.498 e. The van der Waals surface area contributed by atoms with Crippen LogP contribution in [0, 0.1) is 0 Å². The van der Waals surface area contributed by atoms with Crippen LogP contribution < -0.4 is 10.2 Å². The Morgan fingerprint density at radius 1 is 1.10 bits per heavy atom. The minimum Gasteiger partial charge on any atom is -0.490 e. The van der Waals surface area contributed by atoms with Crippen molar-refractivity contribution in [1.82, 2.24) is 0 Å². The van der Waals surface area contributed by atoms with Gasteiger partial charge in [0.1, 0.15) is 5.75 Å². The second kappa shape index (κ2) is 5.36. The highest BCUT2D eigenvalue weighted by atomic mass is 79.9. The third-order valence-electron chi connectivity index (χ3n) is 3.86. The molecule has 0 atom stereocenters. The molecule has 3 nitrogen and oxygen atoms in total. The molecule has 5 heteroatoms. The van der Waals surface area contributed by atoms with Gasteiger partial charge in [-0.3, -0.25) is 0 Å². The van der Waals surface area contributed by atoms with Crippen LogP contribution in [-0.4, -0.2) is 24.4 Å². The fourth-order valence-electron chi connectivity index (χ4n) is 2.04. The molecule has 1 saturated heterocycles. The van der Waals surface area contributed by atoms with Gasteiger partial charge in [-0.2, -0.15) is 0 Å². The third-order valence-corrected chi connectivity index (χ3v) is 4.48. The fraction of sp³-hybridized carbons (Fsp3) is 0.600. The molecule has 1 heterocycles. The van der Waals surface area contributed by atoms with Gasteiger partial charge in [-0.25, -0.2) is 0 Å². The number of para-hydroxylation sites is 1. The third kappa shape index (κ3) is 2.90. The summed E-state index contributed by atoms with van der Waals surface area (Å²) in [4.78, 5) is 0. The van der Waals surface area contributed by atoms with Gasteiger partial charge >= 0.3 is 7.12 Å². The summed E-state index contributed by atoms with van der Waals surface area (Å²) in [7, 11) is -0.411. The van der Waals surface area contributed by atoms with Gasteiger partial charge in [0.25, 0.3) is 0 Å². The standard InChI is InChI=1S/C15H22BBrO3/c1-10(2)18-13-11(8-7-9-12(13)17)16-19-14(3,4)15(5,6)20-16/h7-10H,1-6H3. The molecule has 0 radical (unpaired) electrons. The van der Waals surface area contributed by atoms with Gasteiger partial charge in [0.2, 0.25) is 0 Å². The summed E-state index contributed by atoms with van der Waals surface area (Å²) in [5, 5.41) is 0. The molecule has 0 spiro atoms. The van der Waals surface area contributed by atoms with Gasteiger partial charge in [0, 0.05) is 5.46 Å². The van der Waals surface area contributed by atoms with Crippen molar-refractivity contribution < 1.29 is 14.0 Å². The van der Waals surface area contributed by atoms with Crippen molar-refractivity contribution in [2.24, 2.45) is 0 Å². The van der Waals surface area contributed by atoms with Crippen molar-refractivity contribution in [3.8, 4) is 5.75 Å². The van der Waals surface area contributed by atoms with Crippen molar-refractivity contribution in [3.63, 3.8) is 0 Å². The zero-order chi connectivity index (χ0) is 15.1. The van der Waals surface area contributed by atoms with E-state index in [-0.39, 0.29) is 17.3 Å². The average molecular weight is 341 g/mol. The maximum atomic E-state index is 6.10. The predicted molar refractivity (Wildman–Crippen MR) is 85.6 cm³/mol. The summed E-state index contributed by atoms with van der Waals surface area (Å²) < 4.78 is 19.0. The van der Waals surface area contributed by atoms with Crippen LogP contribution >= 0.6 is 15.9 Å². The van der Waals surface area contributed by atoms with E-state index in [1.165, 1.54) is 0 Å². The quantitative estimate of drug-likeness (QED) is 0.788. The topological polar surface area (TPSA) is 27.7 Å². The molecule has 0 aliphatic carbocycles. The molecule has 1 aliphatic heterocycles. The van der Waals surface area contributed by atoms with Crippen molar-refractivity contribution in [1.29, 1.82) is 0 Å². The first-order valence-electron chi connectivity index (χ1n) is 6.95. The van der Waals surface area contributed by atoms with Gasteiger partial charge in [-0.05, 0) is 63.5 Å². The van der Waals surface area contributed by atoms with Crippen molar-refractivity contribution in [3.05, 3.63) is 22.7 Å². The molecule has 1 aromatic carbocycles. The van der Waals surface area contributed by atoms with E-state index in [2.05, 4.69) is 15.9 Å². The Kier molecular flexibility index (Phi) is 4.25. The molecule has 0 amide bonds. The van der Waals surface area contributed by atoms with E-state index in [9.17, 15) is 0 Å². The molecule has 2 rings (SSSR count). The van der Waals surface area contributed by atoms with Crippen LogP contribution in [0.4, 0.5) is 0 Å². The number of ether oxygens (including phenoxy) is 1. The van der Waals surface area contributed by atoms with E-state index >= 15 is 0 Å². The SMILES string of the molecule is CC(C)Oc1c(Br)cccc1B1OC(C)(C)C(C)(C)O1. The maximum absolute atomic E-state index is 6.10. The molecule has 0 saturated carbocycles. The number of hydrogen-bond donors (Lipinski definition) is 0. The molecule has 1 aliphatic rings. The molecule has 0 aromatic heterocycles. The molecule has 0 bridgehead atoms. The van der Waals surface area contributed by atoms with Crippen LogP contribution in [0.3, 0.4) is 0 Å². The van der Waals surface area contributed by atoms with E-state index in [1.54, 1.807) is 0 Å². The van der Waals surface area contributed by atoms with E-state index < -0.39 is 7.12 Å². The Morgan fingerprint density at radius 3 is 2.15 bits per heavy atom. The second-order valence-electron chi connectivity index (χ2n) is 6.41. The lowest BCUT2D eigenvalue weighted by Gasteiger charge is -2.32. The number of benzene rings is 1. The summed E-state index contributed by atoms with van der Waals surface area (Å²) in [6.45, 7) is 12.2. The van der Waals surface area contributed by atoms with E-state index in [4.69, 9.17) is 14.0 Å². The van der Waals surface area contributed by atoms with Crippen LogP contribution in [0.5, 0.6) is 5.75 Å².